The fourth-order valence-corrected chi connectivity index (χ4v) is 2.70. The number of benzene rings is 1. The Bertz CT molecular complexity index is 843. The highest BCUT2D eigenvalue weighted by Gasteiger charge is 2.20. The number of ether oxygens (including phenoxy) is 1. The molecular weight excluding hydrogens is 376 g/mol. The van der Waals surface area contributed by atoms with Crippen LogP contribution in [0.4, 0.5) is 23.2 Å². The fourth-order valence-electron chi connectivity index (χ4n) is 2.70. The predicted molar refractivity (Wildman–Crippen MR) is 98.6 cm³/mol. The van der Waals surface area contributed by atoms with E-state index in [0.29, 0.717) is 11.3 Å². The Labute approximate surface area is 161 Å². The molecule has 0 spiro atoms. The Hall–Kier alpha value is -2.68. The van der Waals surface area contributed by atoms with E-state index in [1.54, 1.807) is 26.2 Å². The first kappa shape index (κ1) is 21.6. The molecule has 2 rings (SSSR count). The van der Waals surface area contributed by atoms with Gasteiger partial charge in [-0.05, 0) is 44.5 Å². The molecule has 0 radical (unpaired) electrons. The first-order valence-electron chi connectivity index (χ1n) is 8.83. The molecule has 0 atom stereocenters. The zero-order valence-electron chi connectivity index (χ0n) is 16.2. The summed E-state index contributed by atoms with van der Waals surface area (Å²) in [7, 11) is 1.58. The largest absolute Gasteiger partial charge is 0.496 e. The predicted octanol–water partition coefficient (Wildman–Crippen LogP) is 2.91. The summed E-state index contributed by atoms with van der Waals surface area (Å²) < 4.78 is 59.2. The third-order valence-electron chi connectivity index (χ3n) is 4.47. The molecule has 0 saturated heterocycles. The Morgan fingerprint density at radius 2 is 1.71 bits per heavy atom. The van der Waals surface area contributed by atoms with E-state index in [-0.39, 0.29) is 0 Å². The number of hydrogen-bond donors (Lipinski definition) is 2. The van der Waals surface area contributed by atoms with Gasteiger partial charge >= 0.3 is 0 Å². The molecule has 5 nitrogen and oxygen atoms in total. The molecule has 2 aromatic rings. The van der Waals surface area contributed by atoms with Crippen LogP contribution in [0.2, 0.25) is 0 Å². The first-order chi connectivity index (χ1) is 13.3. The lowest BCUT2D eigenvalue weighted by Gasteiger charge is -2.18. The van der Waals surface area contributed by atoms with Crippen molar-refractivity contribution < 1.29 is 27.2 Å². The third kappa shape index (κ3) is 4.78. The van der Waals surface area contributed by atoms with Gasteiger partial charge in [-0.2, -0.15) is 27.6 Å². The summed E-state index contributed by atoms with van der Waals surface area (Å²) in [6, 6.07) is 5.38. The number of nitrogens with zero attached hydrogens (tertiary/aromatic N) is 2. The zero-order chi connectivity index (χ0) is 20.8. The van der Waals surface area contributed by atoms with Crippen LogP contribution in [-0.4, -0.2) is 30.9 Å². The van der Waals surface area contributed by atoms with Gasteiger partial charge in [0.2, 0.25) is 11.6 Å². The van der Waals surface area contributed by atoms with Crippen LogP contribution in [0, 0.1) is 23.5 Å². The number of aromatic nitrogens is 1. The van der Waals surface area contributed by atoms with E-state index in [1.807, 2.05) is 6.07 Å². The SMILES string of the molecule is CC[NH+](CC)Cc1cc(/C(C)=N\Nc2c(F)c(F)nc(F)c2F)ccc1OC. The minimum absolute atomic E-state index is 0.370. The number of quaternary nitrogens is 1. The van der Waals surface area contributed by atoms with E-state index in [4.69, 9.17) is 4.74 Å². The molecule has 9 heteroatoms. The molecule has 0 aliphatic carbocycles. The Morgan fingerprint density at radius 3 is 2.25 bits per heavy atom. The van der Waals surface area contributed by atoms with E-state index in [1.165, 1.54) is 4.90 Å². The Morgan fingerprint density at radius 1 is 1.11 bits per heavy atom. The lowest BCUT2D eigenvalue weighted by atomic mass is 10.1. The van der Waals surface area contributed by atoms with Gasteiger partial charge in [-0.1, -0.05) is 0 Å². The van der Waals surface area contributed by atoms with Crippen LogP contribution in [-0.2, 0) is 6.54 Å². The molecular formula is C19H23F4N4O+. The Balaban J connectivity index is 2.33. The average Bonchev–Trinajstić information content (AvgIpc) is 2.70. The zero-order valence-corrected chi connectivity index (χ0v) is 16.2. The highest BCUT2D eigenvalue weighted by atomic mass is 19.2. The minimum atomic E-state index is -1.75. The molecule has 28 heavy (non-hydrogen) atoms. The normalized spacial score (nSPS) is 11.8. The standard InChI is InChI=1S/C19H22F4N4O/c1-5-27(6-2)10-13-9-12(7-8-14(13)28-4)11(3)25-26-17-15(20)18(22)24-19(23)16(17)21/h7-9H,5-6,10H2,1-4H3,(H,24,26)/p+1/b25-11-. The number of halogens is 4. The summed E-state index contributed by atoms with van der Waals surface area (Å²) >= 11 is 0. The Kier molecular flexibility index (Phi) is 7.33. The van der Waals surface area contributed by atoms with Crippen molar-refractivity contribution in [3.8, 4) is 5.75 Å². The van der Waals surface area contributed by atoms with Gasteiger partial charge in [0.1, 0.15) is 18.0 Å². The first-order valence-corrected chi connectivity index (χ1v) is 8.83. The van der Waals surface area contributed by atoms with Crippen LogP contribution in [0.5, 0.6) is 5.75 Å². The second kappa shape index (κ2) is 9.50. The van der Waals surface area contributed by atoms with Crippen LogP contribution in [0.15, 0.2) is 23.3 Å². The lowest BCUT2D eigenvalue weighted by molar-refractivity contribution is -0.910. The van der Waals surface area contributed by atoms with Crippen LogP contribution in [0.1, 0.15) is 31.9 Å². The number of nitrogens with one attached hydrogen (secondary N) is 2. The molecule has 1 aromatic heterocycles. The van der Waals surface area contributed by atoms with Crippen LogP contribution >= 0.6 is 0 Å². The molecule has 0 bridgehead atoms. The minimum Gasteiger partial charge on any atom is -0.496 e. The second-order valence-electron chi connectivity index (χ2n) is 6.17. The van der Waals surface area contributed by atoms with Gasteiger partial charge < -0.3 is 9.64 Å². The number of methoxy groups -OCH3 is 1. The van der Waals surface area contributed by atoms with Crippen molar-refractivity contribution in [2.45, 2.75) is 27.3 Å². The molecule has 0 unspecified atom stereocenters. The van der Waals surface area contributed by atoms with Crippen LogP contribution in [0.3, 0.4) is 0 Å². The molecule has 0 fully saturated rings. The summed E-state index contributed by atoms with van der Waals surface area (Å²) in [5.41, 5.74) is 3.01. The van der Waals surface area contributed by atoms with E-state index >= 15 is 0 Å². The van der Waals surface area contributed by atoms with Crippen molar-refractivity contribution in [1.29, 1.82) is 0 Å². The summed E-state index contributed by atoms with van der Waals surface area (Å²) in [6.07, 6.45) is 0. The fraction of sp³-hybridized carbons (Fsp3) is 0.368. The summed E-state index contributed by atoms with van der Waals surface area (Å²) in [5.74, 6) is -6.06. The molecule has 0 aliphatic heterocycles. The number of hydrazone groups is 1. The van der Waals surface area contributed by atoms with Crippen molar-refractivity contribution in [2.24, 2.45) is 5.10 Å². The summed E-state index contributed by atoms with van der Waals surface area (Å²) in [6.45, 7) is 8.39. The van der Waals surface area contributed by atoms with E-state index in [2.05, 4.69) is 29.4 Å². The van der Waals surface area contributed by atoms with Crippen molar-refractivity contribution in [3.63, 3.8) is 0 Å². The topological polar surface area (TPSA) is 51.0 Å². The monoisotopic (exact) mass is 399 g/mol. The maximum Gasteiger partial charge on any atom is 0.254 e. The molecule has 2 N–H and O–H groups in total. The molecule has 1 heterocycles. The number of rotatable bonds is 8. The van der Waals surface area contributed by atoms with Gasteiger partial charge in [-0.25, -0.2) is 0 Å². The van der Waals surface area contributed by atoms with E-state index < -0.39 is 29.2 Å². The van der Waals surface area contributed by atoms with Crippen molar-refractivity contribution in [2.75, 3.05) is 25.6 Å². The van der Waals surface area contributed by atoms with Gasteiger partial charge in [0.05, 0.1) is 25.9 Å². The van der Waals surface area contributed by atoms with Gasteiger partial charge in [0.15, 0.2) is 0 Å². The summed E-state index contributed by atoms with van der Waals surface area (Å²) in [5, 5.41) is 3.86. The van der Waals surface area contributed by atoms with Crippen molar-refractivity contribution in [1.82, 2.24) is 4.98 Å². The third-order valence-corrected chi connectivity index (χ3v) is 4.47. The van der Waals surface area contributed by atoms with Gasteiger partial charge in [0, 0.05) is 5.56 Å². The van der Waals surface area contributed by atoms with E-state index in [9.17, 15) is 17.6 Å². The molecule has 152 valence electrons. The average molecular weight is 399 g/mol. The maximum absolute atomic E-state index is 13.7. The van der Waals surface area contributed by atoms with Crippen molar-refractivity contribution >= 4 is 11.4 Å². The summed E-state index contributed by atoms with van der Waals surface area (Å²) in [4.78, 5) is 3.85. The second-order valence-corrected chi connectivity index (χ2v) is 6.17. The highest BCUT2D eigenvalue weighted by molar-refractivity contribution is 5.99. The molecule has 0 aliphatic rings. The highest BCUT2D eigenvalue weighted by Crippen LogP contribution is 2.23. The van der Waals surface area contributed by atoms with Gasteiger partial charge in [-0.3, -0.25) is 5.43 Å². The van der Waals surface area contributed by atoms with Crippen molar-refractivity contribution in [3.05, 3.63) is 52.9 Å². The van der Waals surface area contributed by atoms with Crippen LogP contribution < -0.4 is 15.1 Å². The molecule has 0 saturated carbocycles. The van der Waals surface area contributed by atoms with Gasteiger partial charge in [-0.15, -0.1) is 0 Å². The lowest BCUT2D eigenvalue weighted by Crippen LogP contribution is -3.10. The maximum atomic E-state index is 13.7. The quantitative estimate of drug-likeness (QED) is 0.311. The smallest absolute Gasteiger partial charge is 0.254 e. The number of pyridine rings is 1. The van der Waals surface area contributed by atoms with E-state index in [0.717, 1.165) is 30.9 Å². The number of hydrogen-bond acceptors (Lipinski definition) is 4. The molecule has 1 aromatic carbocycles. The number of anilines is 1. The van der Waals surface area contributed by atoms with Gasteiger partial charge in [0.25, 0.3) is 11.9 Å². The molecule has 0 amide bonds. The van der Waals surface area contributed by atoms with Crippen LogP contribution in [0.25, 0.3) is 0 Å².